The highest BCUT2D eigenvalue weighted by Crippen LogP contribution is 2.44. The molecule has 0 aliphatic carbocycles. The number of benzene rings is 8. The van der Waals surface area contributed by atoms with Crippen LogP contribution in [0.3, 0.4) is 0 Å². The molecular weight excluding hydrogens is 631 g/mol. The lowest BCUT2D eigenvalue weighted by atomic mass is 9.87. The monoisotopic (exact) mass is 659 g/mol. The van der Waals surface area contributed by atoms with E-state index < -0.39 is 0 Å². The van der Waals surface area contributed by atoms with E-state index in [1.165, 1.54) is 64.6 Å². The SMILES string of the molecule is c1ccc(-c2nc(-c3cccc(-c4ccncc4)c3)cc(-c3cc4ccc5cccc6c7cccc8ccc9cccc(c(c3)c4c56)c9c87)n2)cc1. The van der Waals surface area contributed by atoms with Crippen molar-refractivity contribution in [1.82, 2.24) is 15.0 Å². The van der Waals surface area contributed by atoms with E-state index >= 15 is 0 Å². The minimum atomic E-state index is 0.701. The molecule has 0 aliphatic rings. The maximum absolute atomic E-state index is 5.29. The van der Waals surface area contributed by atoms with Gasteiger partial charge in [-0.2, -0.15) is 0 Å². The molecule has 52 heavy (non-hydrogen) atoms. The Hall–Kier alpha value is -6.97. The van der Waals surface area contributed by atoms with Crippen LogP contribution in [-0.2, 0) is 0 Å². The predicted octanol–water partition coefficient (Wildman–Crippen LogP) is 12.9. The van der Waals surface area contributed by atoms with Gasteiger partial charge in [0.05, 0.1) is 11.4 Å². The number of rotatable bonds is 4. The molecule has 0 radical (unpaired) electrons. The Bertz CT molecular complexity index is 3160. The standard InChI is InChI=1S/C49H29N3/c1-2-8-34(9-3-1)49-51-43(36-14-4-13-35(26-36)30-22-24-50-25-23-30)29-44(52-49)38-27-37-21-20-33-11-6-16-40-39-15-5-10-31-18-19-32-12-7-17-41(47(32)45(31)39)42(28-38)48(37)46(33)40/h1-29H. The number of pyridine rings is 1. The van der Waals surface area contributed by atoms with E-state index in [0.29, 0.717) is 5.82 Å². The molecular formula is C49H29N3. The van der Waals surface area contributed by atoms with Crippen LogP contribution in [-0.4, -0.2) is 15.0 Å². The van der Waals surface area contributed by atoms with Crippen molar-refractivity contribution in [2.24, 2.45) is 0 Å². The summed E-state index contributed by atoms with van der Waals surface area (Å²) in [5.41, 5.74) is 7.08. The van der Waals surface area contributed by atoms with Gasteiger partial charge in [0, 0.05) is 29.1 Å². The first-order valence-corrected chi connectivity index (χ1v) is 17.7. The van der Waals surface area contributed by atoms with Crippen molar-refractivity contribution in [1.29, 1.82) is 0 Å². The highest BCUT2D eigenvalue weighted by Gasteiger charge is 2.18. The van der Waals surface area contributed by atoms with E-state index in [-0.39, 0.29) is 0 Å². The molecule has 0 fully saturated rings. The minimum absolute atomic E-state index is 0.701. The van der Waals surface area contributed by atoms with Gasteiger partial charge in [0.2, 0.25) is 0 Å². The lowest BCUT2D eigenvalue weighted by Gasteiger charge is -2.17. The van der Waals surface area contributed by atoms with Crippen LogP contribution in [0.1, 0.15) is 0 Å². The quantitative estimate of drug-likeness (QED) is 0.177. The van der Waals surface area contributed by atoms with Crippen LogP contribution >= 0.6 is 0 Å². The molecule has 11 rings (SSSR count). The first kappa shape index (κ1) is 28.8. The zero-order valence-corrected chi connectivity index (χ0v) is 28.1. The number of fused-ring (bicyclic) bond motifs is 2. The number of nitrogens with zero attached hydrogens (tertiary/aromatic N) is 3. The Morgan fingerprint density at radius 2 is 0.808 bits per heavy atom. The number of hydrogen-bond donors (Lipinski definition) is 0. The summed E-state index contributed by atoms with van der Waals surface area (Å²) in [5.74, 6) is 0.701. The second-order valence-electron chi connectivity index (χ2n) is 13.6. The topological polar surface area (TPSA) is 38.7 Å². The molecule has 0 saturated heterocycles. The van der Waals surface area contributed by atoms with E-state index in [2.05, 4.69) is 138 Å². The molecule has 3 nitrogen and oxygen atoms in total. The molecule has 0 atom stereocenters. The molecule has 0 unspecified atom stereocenters. The van der Waals surface area contributed by atoms with Crippen molar-refractivity contribution in [3.8, 4) is 45.0 Å². The van der Waals surface area contributed by atoms with E-state index in [4.69, 9.17) is 9.97 Å². The van der Waals surface area contributed by atoms with Crippen LogP contribution < -0.4 is 0 Å². The van der Waals surface area contributed by atoms with Gasteiger partial charge in [0.15, 0.2) is 5.82 Å². The molecule has 0 aliphatic heterocycles. The lowest BCUT2D eigenvalue weighted by Crippen LogP contribution is -1.96. The molecule has 2 heterocycles. The average Bonchev–Trinajstić information content (AvgIpc) is 3.22. The summed E-state index contributed by atoms with van der Waals surface area (Å²) < 4.78 is 0. The van der Waals surface area contributed by atoms with E-state index in [9.17, 15) is 0 Å². The van der Waals surface area contributed by atoms with E-state index in [0.717, 1.165) is 39.2 Å². The maximum Gasteiger partial charge on any atom is 0.160 e. The first-order valence-electron chi connectivity index (χ1n) is 17.7. The molecule has 9 aromatic carbocycles. The lowest BCUT2D eigenvalue weighted by molar-refractivity contribution is 1.18. The maximum atomic E-state index is 5.29. The van der Waals surface area contributed by atoms with Crippen molar-refractivity contribution in [2.75, 3.05) is 0 Å². The van der Waals surface area contributed by atoms with Crippen LogP contribution in [0, 0.1) is 0 Å². The zero-order valence-electron chi connectivity index (χ0n) is 28.1. The zero-order chi connectivity index (χ0) is 34.2. The molecule has 0 bridgehead atoms. The summed E-state index contributed by atoms with van der Waals surface area (Å²) in [6.45, 7) is 0. The molecule has 240 valence electrons. The van der Waals surface area contributed by atoms with Crippen LogP contribution in [0.25, 0.3) is 110 Å². The van der Waals surface area contributed by atoms with Crippen molar-refractivity contribution in [3.63, 3.8) is 0 Å². The molecule has 0 N–H and O–H groups in total. The van der Waals surface area contributed by atoms with Crippen molar-refractivity contribution in [3.05, 3.63) is 176 Å². The van der Waals surface area contributed by atoms with E-state index in [1.807, 2.05) is 42.7 Å². The van der Waals surface area contributed by atoms with Crippen LogP contribution in [0.2, 0.25) is 0 Å². The smallest absolute Gasteiger partial charge is 0.160 e. The third kappa shape index (κ3) is 4.43. The summed E-state index contributed by atoms with van der Waals surface area (Å²) in [7, 11) is 0. The van der Waals surface area contributed by atoms with Crippen molar-refractivity contribution < 1.29 is 0 Å². The molecule has 2 aromatic heterocycles. The molecule has 0 amide bonds. The van der Waals surface area contributed by atoms with Gasteiger partial charge in [-0.25, -0.2) is 9.97 Å². The third-order valence-corrected chi connectivity index (χ3v) is 10.7. The summed E-state index contributed by atoms with van der Waals surface area (Å²) in [4.78, 5) is 14.7. The van der Waals surface area contributed by atoms with Gasteiger partial charge in [0.1, 0.15) is 0 Å². The molecule has 0 saturated carbocycles. The number of aromatic nitrogens is 3. The van der Waals surface area contributed by atoms with E-state index in [1.54, 1.807) is 0 Å². The second-order valence-corrected chi connectivity index (χ2v) is 13.6. The fraction of sp³-hybridized carbons (Fsp3) is 0. The van der Waals surface area contributed by atoms with Gasteiger partial charge in [-0.3, -0.25) is 4.98 Å². The van der Waals surface area contributed by atoms with Gasteiger partial charge in [-0.1, -0.05) is 127 Å². The Labute approximate surface area is 299 Å². The Balaban J connectivity index is 1.25. The van der Waals surface area contributed by atoms with Crippen molar-refractivity contribution in [2.45, 2.75) is 0 Å². The minimum Gasteiger partial charge on any atom is -0.265 e. The van der Waals surface area contributed by atoms with Gasteiger partial charge in [0.25, 0.3) is 0 Å². The largest absolute Gasteiger partial charge is 0.265 e. The van der Waals surface area contributed by atoms with Crippen LogP contribution in [0.4, 0.5) is 0 Å². The Kier molecular flexibility index (Phi) is 6.25. The van der Waals surface area contributed by atoms with Gasteiger partial charge < -0.3 is 0 Å². The normalized spacial score (nSPS) is 11.8. The average molecular weight is 660 g/mol. The fourth-order valence-corrected chi connectivity index (χ4v) is 8.29. The van der Waals surface area contributed by atoms with Gasteiger partial charge in [-0.15, -0.1) is 0 Å². The predicted molar refractivity (Wildman–Crippen MR) is 218 cm³/mol. The summed E-state index contributed by atoms with van der Waals surface area (Å²) in [6.07, 6.45) is 3.67. The molecule has 3 heteroatoms. The second kappa shape index (κ2) is 11.3. The number of hydrogen-bond acceptors (Lipinski definition) is 3. The van der Waals surface area contributed by atoms with Crippen LogP contribution in [0.15, 0.2) is 176 Å². The van der Waals surface area contributed by atoms with Crippen LogP contribution in [0.5, 0.6) is 0 Å². The third-order valence-electron chi connectivity index (χ3n) is 10.7. The summed E-state index contributed by atoms with van der Waals surface area (Å²) >= 11 is 0. The Morgan fingerprint density at radius 3 is 1.46 bits per heavy atom. The molecule has 11 aromatic rings. The van der Waals surface area contributed by atoms with Gasteiger partial charge >= 0.3 is 0 Å². The highest BCUT2D eigenvalue weighted by molar-refractivity contribution is 6.37. The van der Waals surface area contributed by atoms with Gasteiger partial charge in [-0.05, 0) is 112 Å². The first-order chi connectivity index (χ1) is 25.8. The fourth-order valence-electron chi connectivity index (χ4n) is 8.29. The summed E-state index contributed by atoms with van der Waals surface area (Å²) in [6, 6.07) is 59.1. The highest BCUT2D eigenvalue weighted by atomic mass is 14.9. The molecule has 0 spiro atoms. The van der Waals surface area contributed by atoms with Crippen molar-refractivity contribution >= 4 is 64.6 Å². The Morgan fingerprint density at radius 1 is 0.288 bits per heavy atom. The summed E-state index contributed by atoms with van der Waals surface area (Å²) in [5, 5.41) is 15.1.